The third-order valence-corrected chi connectivity index (χ3v) is 6.35. The van der Waals surface area contributed by atoms with Crippen LogP contribution in [0.1, 0.15) is 25.7 Å². The van der Waals surface area contributed by atoms with Gasteiger partial charge in [-0.2, -0.15) is 0 Å². The first kappa shape index (κ1) is 18.8. The number of hydrogen-bond donors (Lipinski definition) is 0. The second kappa shape index (κ2) is 8.16. The number of amides is 1. The molecule has 0 aliphatic heterocycles. The summed E-state index contributed by atoms with van der Waals surface area (Å²) < 4.78 is 22.8. The van der Waals surface area contributed by atoms with Gasteiger partial charge in [0.2, 0.25) is 0 Å². The number of hydrogen-bond acceptors (Lipinski definition) is 5. The van der Waals surface area contributed by atoms with Crippen LogP contribution in [0.2, 0.25) is 0 Å². The highest BCUT2D eigenvalue weighted by Gasteiger charge is 2.18. The van der Waals surface area contributed by atoms with Crippen molar-refractivity contribution >= 4 is 38.4 Å². The standard InChI is InChI=1S/C19H19NO3S3/c1-26(22,23)14-15-6-8-16(9-7-15)19(21)20(12-17-4-2-10-24-17)13-18-5-3-11-25-18/h2-11H,12-14H2,1H3. The normalized spacial score (nSPS) is 11.4. The van der Waals surface area contributed by atoms with E-state index in [1.807, 2.05) is 39.9 Å². The Labute approximate surface area is 161 Å². The molecule has 136 valence electrons. The summed E-state index contributed by atoms with van der Waals surface area (Å²) in [6.45, 7) is 1.11. The number of carbonyl (C=O) groups excluding carboxylic acids is 1. The average molecular weight is 406 g/mol. The van der Waals surface area contributed by atoms with Crippen molar-refractivity contribution in [2.75, 3.05) is 6.26 Å². The Hall–Kier alpha value is -1.96. The first-order chi connectivity index (χ1) is 12.4. The van der Waals surface area contributed by atoms with Gasteiger partial charge in [0.25, 0.3) is 5.91 Å². The van der Waals surface area contributed by atoms with E-state index in [0.29, 0.717) is 24.2 Å². The third kappa shape index (κ3) is 5.27. The van der Waals surface area contributed by atoms with Crippen LogP contribution in [0, 0.1) is 0 Å². The van der Waals surface area contributed by atoms with Gasteiger partial charge >= 0.3 is 0 Å². The average Bonchev–Trinajstić information content (AvgIpc) is 3.27. The lowest BCUT2D eigenvalue weighted by Crippen LogP contribution is -2.29. The van der Waals surface area contributed by atoms with Crippen molar-refractivity contribution in [2.24, 2.45) is 0 Å². The second-order valence-corrected chi connectivity index (χ2v) is 10.3. The first-order valence-electron chi connectivity index (χ1n) is 8.01. The number of benzene rings is 1. The van der Waals surface area contributed by atoms with Crippen LogP contribution in [0.3, 0.4) is 0 Å². The summed E-state index contributed by atoms with van der Waals surface area (Å²) in [7, 11) is -3.09. The van der Waals surface area contributed by atoms with Crippen molar-refractivity contribution in [3.8, 4) is 0 Å². The van der Waals surface area contributed by atoms with Gasteiger partial charge in [-0.15, -0.1) is 22.7 Å². The molecule has 0 aliphatic rings. The summed E-state index contributed by atoms with van der Waals surface area (Å²) in [5.41, 5.74) is 1.25. The molecule has 0 saturated heterocycles. The van der Waals surface area contributed by atoms with Gasteiger partial charge < -0.3 is 4.90 Å². The fourth-order valence-electron chi connectivity index (χ4n) is 2.61. The predicted molar refractivity (Wildman–Crippen MR) is 107 cm³/mol. The summed E-state index contributed by atoms with van der Waals surface area (Å²) in [5.74, 6) is -0.0760. The quantitative estimate of drug-likeness (QED) is 0.592. The second-order valence-electron chi connectivity index (χ2n) is 6.09. The molecule has 3 rings (SSSR count). The summed E-state index contributed by atoms with van der Waals surface area (Å²) in [6, 6.07) is 14.8. The van der Waals surface area contributed by atoms with E-state index in [2.05, 4.69) is 0 Å². The highest BCUT2D eigenvalue weighted by molar-refractivity contribution is 7.89. The molecule has 0 atom stereocenters. The molecule has 0 saturated carbocycles. The van der Waals surface area contributed by atoms with Crippen LogP contribution in [0.25, 0.3) is 0 Å². The smallest absolute Gasteiger partial charge is 0.254 e. The van der Waals surface area contributed by atoms with Gasteiger partial charge in [-0.1, -0.05) is 24.3 Å². The molecule has 0 unspecified atom stereocenters. The Morgan fingerprint density at radius 3 is 1.88 bits per heavy atom. The van der Waals surface area contributed by atoms with Crippen LogP contribution in [0.4, 0.5) is 0 Å². The van der Waals surface area contributed by atoms with Gasteiger partial charge in [-0.25, -0.2) is 8.42 Å². The van der Waals surface area contributed by atoms with Crippen molar-refractivity contribution in [2.45, 2.75) is 18.8 Å². The molecule has 0 N–H and O–H groups in total. The minimum atomic E-state index is -3.09. The van der Waals surface area contributed by atoms with E-state index in [1.54, 1.807) is 46.9 Å². The highest BCUT2D eigenvalue weighted by Crippen LogP contribution is 2.20. The summed E-state index contributed by atoms with van der Waals surface area (Å²) in [6.07, 6.45) is 1.20. The van der Waals surface area contributed by atoms with E-state index >= 15 is 0 Å². The predicted octanol–water partition coefficient (Wildman–Crippen LogP) is 4.20. The molecule has 2 aromatic heterocycles. The Morgan fingerprint density at radius 1 is 0.923 bits per heavy atom. The maximum absolute atomic E-state index is 13.0. The molecule has 0 spiro atoms. The molecule has 1 aromatic carbocycles. The maximum Gasteiger partial charge on any atom is 0.254 e. The Kier molecular flexibility index (Phi) is 5.90. The maximum atomic E-state index is 13.0. The summed E-state index contributed by atoms with van der Waals surface area (Å²) in [4.78, 5) is 17.1. The molecular weight excluding hydrogens is 386 g/mol. The van der Waals surface area contributed by atoms with Gasteiger partial charge in [0.05, 0.1) is 18.8 Å². The Morgan fingerprint density at radius 2 is 1.46 bits per heavy atom. The zero-order valence-electron chi connectivity index (χ0n) is 14.3. The Bertz CT molecular complexity index is 908. The number of nitrogens with zero attached hydrogens (tertiary/aromatic N) is 1. The zero-order chi connectivity index (χ0) is 18.6. The third-order valence-electron chi connectivity index (χ3n) is 3.77. The van der Waals surface area contributed by atoms with Crippen LogP contribution >= 0.6 is 22.7 Å². The molecule has 2 heterocycles. The van der Waals surface area contributed by atoms with Crippen LogP contribution in [-0.2, 0) is 28.7 Å². The van der Waals surface area contributed by atoms with Crippen molar-refractivity contribution in [3.63, 3.8) is 0 Å². The van der Waals surface area contributed by atoms with Gasteiger partial charge in [0, 0.05) is 21.6 Å². The largest absolute Gasteiger partial charge is 0.328 e. The van der Waals surface area contributed by atoms with Crippen molar-refractivity contribution in [3.05, 3.63) is 80.2 Å². The molecule has 1 amide bonds. The SMILES string of the molecule is CS(=O)(=O)Cc1ccc(C(=O)N(Cc2cccs2)Cc2cccs2)cc1. The van der Waals surface area contributed by atoms with Crippen LogP contribution in [-0.4, -0.2) is 25.5 Å². The van der Waals surface area contributed by atoms with E-state index in [4.69, 9.17) is 0 Å². The highest BCUT2D eigenvalue weighted by atomic mass is 32.2. The first-order valence-corrected chi connectivity index (χ1v) is 11.8. The van der Waals surface area contributed by atoms with Crippen LogP contribution in [0.15, 0.2) is 59.3 Å². The number of thiophene rings is 2. The molecule has 4 nitrogen and oxygen atoms in total. The van der Waals surface area contributed by atoms with Crippen LogP contribution in [0.5, 0.6) is 0 Å². The van der Waals surface area contributed by atoms with Gasteiger partial charge in [0.15, 0.2) is 9.84 Å². The molecule has 0 fully saturated rings. The van der Waals surface area contributed by atoms with Crippen molar-refractivity contribution < 1.29 is 13.2 Å². The molecule has 0 radical (unpaired) electrons. The number of sulfone groups is 1. The molecular formula is C19H19NO3S3. The molecule has 3 aromatic rings. The lowest BCUT2D eigenvalue weighted by atomic mass is 10.1. The van der Waals surface area contributed by atoms with Gasteiger partial charge in [0.1, 0.15) is 0 Å². The molecule has 26 heavy (non-hydrogen) atoms. The topological polar surface area (TPSA) is 54.5 Å². The van der Waals surface area contributed by atoms with Crippen molar-refractivity contribution in [1.29, 1.82) is 0 Å². The minimum Gasteiger partial charge on any atom is -0.328 e. The molecule has 7 heteroatoms. The van der Waals surface area contributed by atoms with E-state index in [0.717, 1.165) is 9.75 Å². The fourth-order valence-corrected chi connectivity index (χ4v) is 4.85. The van der Waals surface area contributed by atoms with Crippen molar-refractivity contribution in [1.82, 2.24) is 4.90 Å². The lowest BCUT2D eigenvalue weighted by Gasteiger charge is -2.22. The van der Waals surface area contributed by atoms with Gasteiger partial charge in [-0.3, -0.25) is 4.79 Å². The summed E-state index contributed by atoms with van der Waals surface area (Å²) in [5, 5.41) is 4.01. The van der Waals surface area contributed by atoms with E-state index in [9.17, 15) is 13.2 Å². The minimum absolute atomic E-state index is 0.0183. The Balaban J connectivity index is 1.79. The number of carbonyl (C=O) groups is 1. The van der Waals surface area contributed by atoms with E-state index < -0.39 is 9.84 Å². The van der Waals surface area contributed by atoms with Gasteiger partial charge in [-0.05, 0) is 40.6 Å². The van der Waals surface area contributed by atoms with Crippen LogP contribution < -0.4 is 0 Å². The monoisotopic (exact) mass is 405 g/mol. The van der Waals surface area contributed by atoms with E-state index in [1.165, 1.54) is 6.26 Å². The number of rotatable bonds is 7. The summed E-state index contributed by atoms with van der Waals surface area (Å²) >= 11 is 3.26. The zero-order valence-corrected chi connectivity index (χ0v) is 16.7. The fraction of sp³-hybridized carbons (Fsp3) is 0.211. The van der Waals surface area contributed by atoms with E-state index in [-0.39, 0.29) is 11.7 Å². The lowest BCUT2D eigenvalue weighted by molar-refractivity contribution is 0.0733. The molecule has 0 bridgehead atoms. The molecule has 0 aliphatic carbocycles.